The first kappa shape index (κ1) is 30.0. The molecule has 218 valence electrons. The summed E-state index contributed by atoms with van der Waals surface area (Å²) in [5, 5.41) is 0.135. The van der Waals surface area contributed by atoms with Gasteiger partial charge in [0.1, 0.15) is 6.10 Å². The number of carbonyl (C=O) groups excluding carboxylic acids is 2. The third kappa shape index (κ3) is 5.24. The summed E-state index contributed by atoms with van der Waals surface area (Å²) in [6.07, 6.45) is 6.41. The Morgan fingerprint density at radius 1 is 0.921 bits per heavy atom. The van der Waals surface area contributed by atoms with Gasteiger partial charge in [-0.2, -0.15) is 0 Å². The summed E-state index contributed by atoms with van der Waals surface area (Å²) >= 11 is 0. The van der Waals surface area contributed by atoms with Crippen molar-refractivity contribution in [1.82, 2.24) is 0 Å². The lowest BCUT2D eigenvalue weighted by Gasteiger charge is -2.57. The van der Waals surface area contributed by atoms with Gasteiger partial charge in [-0.3, -0.25) is 9.59 Å². The van der Waals surface area contributed by atoms with Crippen molar-refractivity contribution in [2.75, 3.05) is 19.8 Å². The molecule has 0 aromatic carbocycles. The Morgan fingerprint density at radius 3 is 2.13 bits per heavy atom. The van der Waals surface area contributed by atoms with Crippen LogP contribution < -0.4 is 0 Å². The summed E-state index contributed by atoms with van der Waals surface area (Å²) in [6.45, 7) is 20.7. The van der Waals surface area contributed by atoms with Gasteiger partial charge in [0.2, 0.25) is 0 Å². The van der Waals surface area contributed by atoms with Gasteiger partial charge >= 0.3 is 11.9 Å². The maximum atomic E-state index is 12.5. The van der Waals surface area contributed by atoms with Crippen molar-refractivity contribution < 1.29 is 33.0 Å². The summed E-state index contributed by atoms with van der Waals surface area (Å²) in [5.74, 6) is -0.551. The van der Waals surface area contributed by atoms with E-state index in [-0.39, 0.29) is 57.8 Å². The highest BCUT2D eigenvalue weighted by Gasteiger charge is 2.67. The summed E-state index contributed by atoms with van der Waals surface area (Å²) < 4.78 is 31.4. The Bertz CT molecular complexity index is 892. The third-order valence-electron chi connectivity index (χ3n) is 11.4. The lowest BCUT2D eigenvalue weighted by atomic mass is 9.51. The Morgan fingerprint density at radius 2 is 1.55 bits per heavy atom. The van der Waals surface area contributed by atoms with Crippen LogP contribution in [0.3, 0.4) is 0 Å². The Balaban J connectivity index is 1.62. The van der Waals surface area contributed by atoms with E-state index < -0.39 is 14.1 Å². The second-order valence-corrected chi connectivity index (χ2v) is 19.3. The van der Waals surface area contributed by atoms with E-state index in [0.717, 1.165) is 44.9 Å². The molecule has 4 fully saturated rings. The van der Waals surface area contributed by atoms with Crippen LogP contribution >= 0.6 is 0 Å². The minimum atomic E-state index is -1.94. The summed E-state index contributed by atoms with van der Waals surface area (Å²) in [4.78, 5) is 24.4. The number of rotatable bonds is 6. The minimum absolute atomic E-state index is 0.135. The van der Waals surface area contributed by atoms with Crippen LogP contribution in [-0.4, -0.2) is 58.1 Å². The van der Waals surface area contributed by atoms with Crippen molar-refractivity contribution in [3.05, 3.63) is 0 Å². The second kappa shape index (κ2) is 10.5. The highest BCUT2D eigenvalue weighted by Crippen LogP contribution is 2.65. The average Bonchev–Trinajstić information content (AvgIpc) is 3.39. The third-order valence-corrected chi connectivity index (χ3v) is 15.9. The molecule has 0 bridgehead atoms. The maximum absolute atomic E-state index is 12.5. The molecule has 3 unspecified atom stereocenters. The molecule has 4 rings (SSSR count). The van der Waals surface area contributed by atoms with E-state index in [4.69, 9.17) is 23.4 Å². The van der Waals surface area contributed by atoms with Crippen LogP contribution in [0.4, 0.5) is 0 Å². The van der Waals surface area contributed by atoms with Crippen molar-refractivity contribution in [3.63, 3.8) is 0 Å². The van der Waals surface area contributed by atoms with Gasteiger partial charge in [-0.1, -0.05) is 34.6 Å². The monoisotopic (exact) mass is 552 g/mol. The number of fused-ring (bicyclic) bond motifs is 2. The van der Waals surface area contributed by atoms with Gasteiger partial charge in [-0.05, 0) is 62.1 Å². The zero-order valence-corrected chi connectivity index (χ0v) is 26.3. The van der Waals surface area contributed by atoms with E-state index in [9.17, 15) is 9.59 Å². The Labute approximate surface area is 231 Å². The molecule has 4 aliphatic rings. The fourth-order valence-corrected chi connectivity index (χ4v) is 9.47. The SMILES string of the molecule is CC(=O)OC[C@H]1CC(O[Si](C)(C)C(C)(C)C)CC[C@]1(C)C1CC[C@@]2(C)C(CCC23OCCO3)[C@@H]1OC(C)=O. The van der Waals surface area contributed by atoms with Crippen LogP contribution in [0, 0.1) is 28.6 Å². The highest BCUT2D eigenvalue weighted by molar-refractivity contribution is 6.74. The lowest BCUT2D eigenvalue weighted by Crippen LogP contribution is -2.59. The first-order valence-corrected chi connectivity index (χ1v) is 17.7. The molecule has 0 radical (unpaired) electrons. The first-order chi connectivity index (χ1) is 17.5. The van der Waals surface area contributed by atoms with E-state index >= 15 is 0 Å². The van der Waals surface area contributed by atoms with Gasteiger partial charge < -0.3 is 23.4 Å². The largest absolute Gasteiger partial charge is 0.466 e. The van der Waals surface area contributed by atoms with Gasteiger partial charge in [0.15, 0.2) is 14.1 Å². The molecular formula is C30H52O7Si. The summed E-state index contributed by atoms with van der Waals surface area (Å²) in [7, 11) is -1.94. The first-order valence-electron chi connectivity index (χ1n) is 14.8. The van der Waals surface area contributed by atoms with Crippen LogP contribution in [0.5, 0.6) is 0 Å². The Hall–Kier alpha value is -0.963. The van der Waals surface area contributed by atoms with Crippen molar-refractivity contribution in [2.24, 2.45) is 28.6 Å². The highest BCUT2D eigenvalue weighted by atomic mass is 28.4. The van der Waals surface area contributed by atoms with Gasteiger partial charge in [0, 0.05) is 49.5 Å². The van der Waals surface area contributed by atoms with E-state index in [2.05, 4.69) is 47.7 Å². The van der Waals surface area contributed by atoms with E-state index in [0.29, 0.717) is 19.8 Å². The predicted molar refractivity (Wildman–Crippen MR) is 148 cm³/mol. The Kier molecular flexibility index (Phi) is 8.26. The average molecular weight is 553 g/mol. The van der Waals surface area contributed by atoms with E-state index in [1.54, 1.807) is 0 Å². The number of hydrogen-bond acceptors (Lipinski definition) is 7. The normalized spacial score (nSPS) is 39.1. The van der Waals surface area contributed by atoms with Crippen molar-refractivity contribution in [1.29, 1.82) is 0 Å². The number of ether oxygens (including phenoxy) is 4. The standard InChI is InChI=1S/C30H52O7Si/c1-20(31)33-19-22-18-23(37-38(8,9)27(3,4)5)10-13-28(22,6)24-11-14-29(7)25(26(24)36-21(2)32)12-15-30(29)34-16-17-35-30/h22-26H,10-19H2,1-9H3/t22-,23?,24?,25?,26-,28+,29+/m1/s1. The molecule has 3 aliphatic carbocycles. The molecule has 7 atom stereocenters. The number of carbonyl (C=O) groups is 2. The molecule has 38 heavy (non-hydrogen) atoms. The molecule has 0 amide bonds. The van der Waals surface area contributed by atoms with Crippen LogP contribution in [0.15, 0.2) is 0 Å². The fraction of sp³-hybridized carbons (Fsp3) is 0.933. The van der Waals surface area contributed by atoms with Gasteiger partial charge in [0.05, 0.1) is 19.8 Å². The molecule has 0 aromatic heterocycles. The number of hydrogen-bond donors (Lipinski definition) is 0. The van der Waals surface area contributed by atoms with Crippen LogP contribution in [0.25, 0.3) is 0 Å². The van der Waals surface area contributed by atoms with Crippen molar-refractivity contribution in [2.45, 2.75) is 130 Å². The fourth-order valence-electron chi connectivity index (χ4n) is 8.07. The molecule has 8 heteroatoms. The molecule has 3 saturated carbocycles. The quantitative estimate of drug-likeness (QED) is 0.285. The van der Waals surface area contributed by atoms with Crippen LogP contribution in [0.1, 0.15) is 93.4 Å². The lowest BCUT2D eigenvalue weighted by molar-refractivity contribution is -0.253. The second-order valence-electron chi connectivity index (χ2n) is 14.5. The smallest absolute Gasteiger partial charge is 0.302 e. The maximum Gasteiger partial charge on any atom is 0.302 e. The summed E-state index contributed by atoms with van der Waals surface area (Å²) in [6, 6.07) is 0. The molecule has 1 heterocycles. The zero-order chi connectivity index (χ0) is 28.1. The van der Waals surface area contributed by atoms with Gasteiger partial charge in [-0.25, -0.2) is 0 Å². The molecule has 1 saturated heterocycles. The van der Waals surface area contributed by atoms with Gasteiger partial charge in [-0.15, -0.1) is 0 Å². The van der Waals surface area contributed by atoms with Crippen molar-refractivity contribution in [3.8, 4) is 0 Å². The van der Waals surface area contributed by atoms with Crippen LogP contribution in [0.2, 0.25) is 18.1 Å². The molecule has 1 spiro atoms. The van der Waals surface area contributed by atoms with Crippen molar-refractivity contribution >= 4 is 20.3 Å². The van der Waals surface area contributed by atoms with Gasteiger partial charge in [0.25, 0.3) is 0 Å². The molecule has 0 N–H and O–H groups in total. The van der Waals surface area contributed by atoms with E-state index in [1.165, 1.54) is 13.8 Å². The minimum Gasteiger partial charge on any atom is -0.466 e. The van der Waals surface area contributed by atoms with Crippen LogP contribution in [-0.2, 0) is 33.0 Å². The molecule has 1 aliphatic heterocycles. The van der Waals surface area contributed by atoms with E-state index in [1.807, 2.05) is 0 Å². The molecule has 7 nitrogen and oxygen atoms in total. The topological polar surface area (TPSA) is 80.3 Å². The predicted octanol–water partition coefficient (Wildman–Crippen LogP) is 6.25. The molecule has 0 aromatic rings. The summed E-state index contributed by atoms with van der Waals surface area (Å²) in [5.41, 5.74) is -0.332. The number of esters is 2. The zero-order valence-electron chi connectivity index (χ0n) is 25.3. The molecular weight excluding hydrogens is 500 g/mol.